The van der Waals surface area contributed by atoms with Gasteiger partial charge in [-0.1, -0.05) is 19.8 Å². The first-order valence-electron chi connectivity index (χ1n) is 8.06. The summed E-state index contributed by atoms with van der Waals surface area (Å²) in [5, 5.41) is -0.371. The number of halogens is 1. The van der Waals surface area contributed by atoms with Gasteiger partial charge in [-0.2, -0.15) is 0 Å². The molecule has 0 spiro atoms. The fourth-order valence-corrected chi connectivity index (χ4v) is 3.21. The molecule has 0 bridgehead atoms. The van der Waals surface area contributed by atoms with Crippen LogP contribution in [0.3, 0.4) is 0 Å². The number of hydrogen-bond acceptors (Lipinski definition) is 2. The van der Waals surface area contributed by atoms with Gasteiger partial charge >= 0.3 is 0 Å². The second-order valence-corrected chi connectivity index (χ2v) is 6.29. The summed E-state index contributed by atoms with van der Waals surface area (Å²) in [6, 6.07) is 2.02. The molecule has 0 radical (unpaired) electrons. The highest BCUT2D eigenvalue weighted by molar-refractivity contribution is 6.63. The molecule has 0 saturated heterocycles. The Labute approximate surface area is 131 Å². The molecule has 21 heavy (non-hydrogen) atoms. The van der Waals surface area contributed by atoms with E-state index in [0.717, 1.165) is 44.2 Å². The molecule has 0 fully saturated rings. The second-order valence-electron chi connectivity index (χ2n) is 5.87. The van der Waals surface area contributed by atoms with Crippen LogP contribution < -0.4 is 5.56 Å². The molecule has 1 aromatic rings. The smallest absolute Gasteiger partial charge is 0.253 e. The van der Waals surface area contributed by atoms with Gasteiger partial charge in [0.2, 0.25) is 5.24 Å². The van der Waals surface area contributed by atoms with Gasteiger partial charge < -0.3 is 4.57 Å². The van der Waals surface area contributed by atoms with Gasteiger partial charge in [0, 0.05) is 24.2 Å². The van der Waals surface area contributed by atoms with Crippen molar-refractivity contribution in [1.29, 1.82) is 0 Å². The lowest BCUT2D eigenvalue weighted by molar-refractivity contribution is -0.111. The molecule has 0 amide bonds. The van der Waals surface area contributed by atoms with Crippen molar-refractivity contribution >= 4 is 16.8 Å². The van der Waals surface area contributed by atoms with Crippen LogP contribution in [-0.2, 0) is 30.6 Å². The Balaban J connectivity index is 2.32. The van der Waals surface area contributed by atoms with E-state index in [0.29, 0.717) is 6.42 Å². The van der Waals surface area contributed by atoms with Gasteiger partial charge in [-0.3, -0.25) is 9.59 Å². The fourth-order valence-electron chi connectivity index (χ4n) is 3.11. The van der Waals surface area contributed by atoms with E-state index in [1.54, 1.807) is 0 Å². The predicted molar refractivity (Wildman–Crippen MR) is 86.1 cm³/mol. The summed E-state index contributed by atoms with van der Waals surface area (Å²) in [6.45, 7) is 2.97. The summed E-state index contributed by atoms with van der Waals surface area (Å²) >= 11 is 5.42. The summed E-state index contributed by atoms with van der Waals surface area (Å²) < 4.78 is 1.97. The molecule has 3 nitrogen and oxygen atoms in total. The predicted octanol–water partition coefficient (Wildman–Crippen LogP) is 3.62. The molecule has 0 atom stereocenters. The van der Waals surface area contributed by atoms with Crippen molar-refractivity contribution in [2.75, 3.05) is 0 Å². The third-order valence-electron chi connectivity index (χ3n) is 4.25. The first-order chi connectivity index (χ1) is 10.1. The molecule has 0 N–H and O–H groups in total. The number of rotatable bonds is 7. The van der Waals surface area contributed by atoms with Gasteiger partial charge in [0.1, 0.15) is 0 Å². The number of aryl methyl sites for hydroxylation is 2. The quantitative estimate of drug-likeness (QED) is 0.570. The van der Waals surface area contributed by atoms with E-state index < -0.39 is 0 Å². The highest BCUT2D eigenvalue weighted by atomic mass is 35.5. The molecule has 0 saturated carbocycles. The van der Waals surface area contributed by atoms with Gasteiger partial charge in [-0.05, 0) is 61.8 Å². The van der Waals surface area contributed by atoms with Crippen LogP contribution in [0.5, 0.6) is 0 Å². The summed E-state index contributed by atoms with van der Waals surface area (Å²) in [6.07, 6.45) is 8.45. The fraction of sp³-hybridized carbons (Fsp3) is 0.647. The Morgan fingerprint density at radius 1 is 1.29 bits per heavy atom. The monoisotopic (exact) mass is 309 g/mol. The zero-order valence-corrected chi connectivity index (χ0v) is 13.5. The van der Waals surface area contributed by atoms with Crippen molar-refractivity contribution in [2.24, 2.45) is 0 Å². The van der Waals surface area contributed by atoms with Crippen LogP contribution in [0.4, 0.5) is 0 Å². The van der Waals surface area contributed by atoms with Gasteiger partial charge in [0.05, 0.1) is 0 Å². The van der Waals surface area contributed by atoms with Crippen LogP contribution >= 0.6 is 11.6 Å². The lowest BCUT2D eigenvalue weighted by atomic mass is 9.93. The molecule has 116 valence electrons. The molecule has 2 rings (SSSR count). The van der Waals surface area contributed by atoms with Crippen LogP contribution in [0.25, 0.3) is 0 Å². The number of pyridine rings is 1. The molecule has 1 aliphatic carbocycles. The zero-order valence-electron chi connectivity index (χ0n) is 12.8. The highest BCUT2D eigenvalue weighted by Gasteiger charge is 2.17. The van der Waals surface area contributed by atoms with Gasteiger partial charge in [0.25, 0.3) is 5.56 Å². The number of fused-ring (bicyclic) bond motifs is 1. The highest BCUT2D eigenvalue weighted by Crippen LogP contribution is 2.21. The average molecular weight is 310 g/mol. The summed E-state index contributed by atoms with van der Waals surface area (Å²) in [5.74, 6) is 0. The number of unbranched alkanes of at least 4 members (excludes halogenated alkanes) is 2. The van der Waals surface area contributed by atoms with E-state index in [4.69, 9.17) is 11.6 Å². The van der Waals surface area contributed by atoms with Crippen LogP contribution in [0.2, 0.25) is 0 Å². The molecule has 1 aromatic heterocycles. The lowest BCUT2D eigenvalue weighted by Gasteiger charge is -2.22. The summed E-state index contributed by atoms with van der Waals surface area (Å²) in [4.78, 5) is 23.6. The van der Waals surface area contributed by atoms with Crippen molar-refractivity contribution in [3.63, 3.8) is 0 Å². The largest absolute Gasteiger partial charge is 0.312 e. The van der Waals surface area contributed by atoms with E-state index in [-0.39, 0.29) is 17.2 Å². The molecular weight excluding hydrogens is 286 g/mol. The third-order valence-corrected chi connectivity index (χ3v) is 4.44. The Hall–Kier alpha value is -1.09. The van der Waals surface area contributed by atoms with E-state index in [2.05, 4.69) is 6.92 Å². The molecular formula is C17H24ClNO2. The van der Waals surface area contributed by atoms with Crippen LogP contribution in [-0.4, -0.2) is 9.81 Å². The number of nitrogens with zero attached hydrogens (tertiary/aromatic N) is 1. The Kier molecular flexibility index (Phi) is 6.04. The number of carbonyl (C=O) groups is 1. The third kappa shape index (κ3) is 4.19. The van der Waals surface area contributed by atoms with Gasteiger partial charge in [-0.25, -0.2) is 0 Å². The van der Waals surface area contributed by atoms with E-state index in [9.17, 15) is 9.59 Å². The number of carbonyl (C=O) groups excluding carboxylic acids is 1. The first-order valence-corrected chi connectivity index (χ1v) is 8.44. The molecule has 0 unspecified atom stereocenters. The van der Waals surface area contributed by atoms with Crippen molar-refractivity contribution in [1.82, 2.24) is 4.57 Å². The standard InChI is InChI=1S/C17H24ClNO2/c1-2-3-6-11-19-15-8-5-4-7-13(15)12-14(17(19)21)9-10-16(18)20/h12H,2-11H2,1H3. The Morgan fingerprint density at radius 3 is 2.76 bits per heavy atom. The van der Waals surface area contributed by atoms with Crippen LogP contribution in [0.15, 0.2) is 10.9 Å². The van der Waals surface area contributed by atoms with Crippen LogP contribution in [0, 0.1) is 0 Å². The van der Waals surface area contributed by atoms with Crippen molar-refractivity contribution in [3.8, 4) is 0 Å². The normalized spacial score (nSPS) is 14.0. The first kappa shape index (κ1) is 16.3. The minimum Gasteiger partial charge on any atom is -0.312 e. The second kappa shape index (κ2) is 7.79. The summed E-state index contributed by atoms with van der Waals surface area (Å²) in [5.41, 5.74) is 3.36. The van der Waals surface area contributed by atoms with Crippen LogP contribution in [0.1, 0.15) is 62.3 Å². The maximum Gasteiger partial charge on any atom is 0.253 e. The van der Waals surface area contributed by atoms with Crippen molar-refractivity contribution in [2.45, 2.75) is 71.3 Å². The maximum atomic E-state index is 12.7. The molecule has 1 heterocycles. The molecule has 1 aliphatic rings. The minimum absolute atomic E-state index is 0.0877. The number of aromatic nitrogens is 1. The van der Waals surface area contributed by atoms with E-state index in [1.807, 2.05) is 10.6 Å². The van der Waals surface area contributed by atoms with E-state index in [1.165, 1.54) is 24.1 Å². The molecule has 0 aliphatic heterocycles. The maximum absolute atomic E-state index is 12.7. The topological polar surface area (TPSA) is 39.1 Å². The van der Waals surface area contributed by atoms with Gasteiger partial charge in [-0.15, -0.1) is 0 Å². The molecule has 4 heteroatoms. The Bertz CT molecular complexity index is 563. The van der Waals surface area contributed by atoms with Crippen molar-refractivity contribution in [3.05, 3.63) is 33.2 Å². The minimum atomic E-state index is -0.371. The Morgan fingerprint density at radius 2 is 2.05 bits per heavy atom. The van der Waals surface area contributed by atoms with Gasteiger partial charge in [0.15, 0.2) is 0 Å². The van der Waals surface area contributed by atoms with E-state index >= 15 is 0 Å². The molecule has 0 aromatic carbocycles. The average Bonchev–Trinajstić information content (AvgIpc) is 2.47. The van der Waals surface area contributed by atoms with Crippen molar-refractivity contribution < 1.29 is 4.79 Å². The lowest BCUT2D eigenvalue weighted by Crippen LogP contribution is -2.30. The number of hydrogen-bond donors (Lipinski definition) is 0. The summed E-state index contributed by atoms with van der Waals surface area (Å²) in [7, 11) is 0. The zero-order chi connectivity index (χ0) is 15.2. The SMILES string of the molecule is CCCCCn1c2c(cc(CCC(=O)Cl)c1=O)CCCC2.